The Bertz CT molecular complexity index is 190. The summed E-state index contributed by atoms with van der Waals surface area (Å²) in [6, 6.07) is 0. The highest BCUT2D eigenvalue weighted by molar-refractivity contribution is 5.79. The highest BCUT2D eigenvalue weighted by Crippen LogP contribution is 2.14. The molecule has 15 heavy (non-hydrogen) atoms. The zero-order chi connectivity index (χ0) is 12.0. The van der Waals surface area contributed by atoms with E-state index in [4.69, 9.17) is 5.73 Å². The van der Waals surface area contributed by atoms with Crippen LogP contribution < -0.4 is 5.73 Å². The van der Waals surface area contributed by atoms with E-state index in [1.165, 1.54) is 0 Å². The first-order chi connectivity index (χ1) is 6.93. The highest BCUT2D eigenvalue weighted by Gasteiger charge is 2.25. The number of nitrogens with zero attached hydrogens (tertiary/aromatic N) is 1. The van der Waals surface area contributed by atoms with Gasteiger partial charge in [0, 0.05) is 19.6 Å². The Hall–Kier alpha value is -0.570. The van der Waals surface area contributed by atoms with Crippen LogP contribution in [0, 0.1) is 17.8 Å². The minimum absolute atomic E-state index is 0.0244. The molecule has 0 saturated heterocycles. The highest BCUT2D eigenvalue weighted by atomic mass is 16.2. The number of rotatable bonds is 6. The number of nitrogens with two attached hydrogens (primary N) is 1. The molecule has 1 unspecified atom stereocenters. The van der Waals surface area contributed by atoms with E-state index in [0.717, 1.165) is 13.1 Å². The summed E-state index contributed by atoms with van der Waals surface area (Å²) in [6.45, 7) is 12.4. The van der Waals surface area contributed by atoms with Crippen molar-refractivity contribution in [3.05, 3.63) is 0 Å². The van der Waals surface area contributed by atoms with Crippen LogP contribution in [0.25, 0.3) is 0 Å². The average Bonchev–Trinajstić information content (AvgIpc) is 2.14. The monoisotopic (exact) mass is 214 g/mol. The van der Waals surface area contributed by atoms with E-state index in [1.807, 2.05) is 11.8 Å². The number of hydrogen-bond acceptors (Lipinski definition) is 2. The molecule has 3 heteroatoms. The summed E-state index contributed by atoms with van der Waals surface area (Å²) in [6.07, 6.45) is 0. The second-order valence-corrected chi connectivity index (χ2v) is 4.86. The molecule has 90 valence electrons. The third kappa shape index (κ3) is 4.65. The molecule has 2 N–H and O–H groups in total. The Morgan fingerprint density at radius 1 is 1.27 bits per heavy atom. The maximum atomic E-state index is 12.1. The summed E-state index contributed by atoms with van der Waals surface area (Å²) in [5.74, 6) is 1.02. The van der Waals surface area contributed by atoms with Gasteiger partial charge in [-0.2, -0.15) is 0 Å². The third-order valence-corrected chi connectivity index (χ3v) is 2.65. The van der Waals surface area contributed by atoms with Gasteiger partial charge in [-0.1, -0.05) is 27.7 Å². The van der Waals surface area contributed by atoms with Gasteiger partial charge in [0.1, 0.15) is 0 Å². The molecule has 0 aromatic rings. The van der Waals surface area contributed by atoms with E-state index in [0.29, 0.717) is 18.4 Å². The van der Waals surface area contributed by atoms with E-state index >= 15 is 0 Å². The first-order valence-corrected chi connectivity index (χ1v) is 5.92. The predicted octanol–water partition coefficient (Wildman–Crippen LogP) is 1.72. The van der Waals surface area contributed by atoms with Gasteiger partial charge >= 0.3 is 0 Å². The van der Waals surface area contributed by atoms with Crippen molar-refractivity contribution in [2.75, 3.05) is 19.6 Å². The molecule has 0 aromatic carbocycles. The minimum atomic E-state index is -0.0244. The van der Waals surface area contributed by atoms with Gasteiger partial charge in [-0.3, -0.25) is 4.79 Å². The molecule has 0 aliphatic heterocycles. The minimum Gasteiger partial charge on any atom is -0.342 e. The van der Waals surface area contributed by atoms with E-state index in [9.17, 15) is 4.79 Å². The van der Waals surface area contributed by atoms with Gasteiger partial charge in [0.25, 0.3) is 0 Å². The number of carbonyl (C=O) groups is 1. The first kappa shape index (κ1) is 14.4. The molecule has 0 bridgehead atoms. The van der Waals surface area contributed by atoms with Crippen molar-refractivity contribution in [3.8, 4) is 0 Å². The molecule has 3 nitrogen and oxygen atoms in total. The number of amides is 1. The normalized spacial score (nSPS) is 13.3. The van der Waals surface area contributed by atoms with Crippen LogP contribution in [0.4, 0.5) is 0 Å². The van der Waals surface area contributed by atoms with Crippen molar-refractivity contribution in [2.24, 2.45) is 23.5 Å². The van der Waals surface area contributed by atoms with Crippen LogP contribution in [0.1, 0.15) is 34.6 Å². The lowest BCUT2D eigenvalue weighted by molar-refractivity contribution is -0.136. The molecule has 0 aliphatic rings. The lowest BCUT2D eigenvalue weighted by Gasteiger charge is -2.28. The van der Waals surface area contributed by atoms with Crippen LogP contribution in [0.3, 0.4) is 0 Å². The molecule has 0 spiro atoms. The van der Waals surface area contributed by atoms with Gasteiger partial charge in [0.15, 0.2) is 0 Å². The number of hydrogen-bond donors (Lipinski definition) is 1. The molecule has 0 radical (unpaired) electrons. The van der Waals surface area contributed by atoms with E-state index < -0.39 is 0 Å². The fourth-order valence-corrected chi connectivity index (χ4v) is 1.71. The van der Waals surface area contributed by atoms with E-state index in [2.05, 4.69) is 27.7 Å². The maximum absolute atomic E-state index is 12.1. The molecule has 0 rings (SSSR count). The van der Waals surface area contributed by atoms with Gasteiger partial charge in [-0.05, 0) is 18.8 Å². The second-order valence-electron chi connectivity index (χ2n) is 4.86. The zero-order valence-electron chi connectivity index (χ0n) is 10.8. The van der Waals surface area contributed by atoms with Crippen molar-refractivity contribution in [1.29, 1.82) is 0 Å². The van der Waals surface area contributed by atoms with Crippen molar-refractivity contribution >= 4 is 5.91 Å². The molecule has 0 aromatic heterocycles. The summed E-state index contributed by atoms with van der Waals surface area (Å²) in [7, 11) is 0. The Morgan fingerprint density at radius 3 is 2.07 bits per heavy atom. The van der Waals surface area contributed by atoms with Crippen LogP contribution in [-0.4, -0.2) is 30.4 Å². The molecular weight excluding hydrogens is 188 g/mol. The SMILES string of the molecule is CCN(CC(C)C)C(=O)C(CN)C(C)C. The summed E-state index contributed by atoms with van der Waals surface area (Å²) < 4.78 is 0. The predicted molar refractivity (Wildman–Crippen MR) is 64.5 cm³/mol. The van der Waals surface area contributed by atoms with E-state index in [1.54, 1.807) is 0 Å². The molecule has 1 amide bonds. The summed E-state index contributed by atoms with van der Waals surface area (Å²) in [5.41, 5.74) is 5.65. The van der Waals surface area contributed by atoms with Gasteiger partial charge in [0.05, 0.1) is 5.92 Å². The lowest BCUT2D eigenvalue weighted by atomic mass is 9.94. The molecule has 0 heterocycles. The molecular formula is C12H26N2O. The van der Waals surface area contributed by atoms with Crippen LogP contribution in [-0.2, 0) is 4.79 Å². The quantitative estimate of drug-likeness (QED) is 0.732. The zero-order valence-corrected chi connectivity index (χ0v) is 10.8. The van der Waals surface area contributed by atoms with Crippen LogP contribution >= 0.6 is 0 Å². The largest absolute Gasteiger partial charge is 0.342 e. The van der Waals surface area contributed by atoms with Gasteiger partial charge in [-0.25, -0.2) is 0 Å². The Labute approximate surface area is 94.0 Å². The first-order valence-electron chi connectivity index (χ1n) is 5.92. The molecule has 0 saturated carbocycles. The fourth-order valence-electron chi connectivity index (χ4n) is 1.71. The standard InChI is InChI=1S/C12H26N2O/c1-6-14(8-9(2)3)12(15)11(7-13)10(4)5/h9-11H,6-8,13H2,1-5H3. The van der Waals surface area contributed by atoms with Crippen LogP contribution in [0.2, 0.25) is 0 Å². The maximum Gasteiger partial charge on any atom is 0.227 e. The smallest absolute Gasteiger partial charge is 0.227 e. The Morgan fingerprint density at radius 2 is 1.80 bits per heavy atom. The van der Waals surface area contributed by atoms with Crippen molar-refractivity contribution < 1.29 is 4.79 Å². The third-order valence-electron chi connectivity index (χ3n) is 2.65. The summed E-state index contributed by atoms with van der Waals surface area (Å²) in [5, 5.41) is 0. The van der Waals surface area contributed by atoms with E-state index in [-0.39, 0.29) is 11.8 Å². The van der Waals surface area contributed by atoms with Crippen molar-refractivity contribution in [2.45, 2.75) is 34.6 Å². The fraction of sp³-hybridized carbons (Fsp3) is 0.917. The molecule has 1 atom stereocenters. The average molecular weight is 214 g/mol. The Balaban J connectivity index is 4.47. The topological polar surface area (TPSA) is 46.3 Å². The van der Waals surface area contributed by atoms with Crippen molar-refractivity contribution in [1.82, 2.24) is 4.90 Å². The van der Waals surface area contributed by atoms with Crippen molar-refractivity contribution in [3.63, 3.8) is 0 Å². The van der Waals surface area contributed by atoms with Gasteiger partial charge in [0.2, 0.25) is 5.91 Å². The summed E-state index contributed by atoms with van der Waals surface area (Å²) in [4.78, 5) is 14.0. The molecule has 0 aliphatic carbocycles. The number of carbonyl (C=O) groups excluding carboxylic acids is 1. The lowest BCUT2D eigenvalue weighted by Crippen LogP contribution is -2.42. The Kier molecular flexibility index (Phi) is 6.57. The second kappa shape index (κ2) is 6.83. The van der Waals surface area contributed by atoms with Crippen LogP contribution in [0.15, 0.2) is 0 Å². The van der Waals surface area contributed by atoms with Crippen LogP contribution in [0.5, 0.6) is 0 Å². The summed E-state index contributed by atoms with van der Waals surface area (Å²) >= 11 is 0. The van der Waals surface area contributed by atoms with Gasteiger partial charge < -0.3 is 10.6 Å². The van der Waals surface area contributed by atoms with Gasteiger partial charge in [-0.15, -0.1) is 0 Å². The molecule has 0 fully saturated rings.